The molecule has 8 heteroatoms. The molecule has 2 aliphatic carbocycles. The van der Waals surface area contributed by atoms with Crippen LogP contribution in [-0.4, -0.2) is 66.3 Å². The minimum absolute atomic E-state index is 0.332. The Balaban J connectivity index is 1.27. The molecule has 0 radical (unpaired) electrons. The number of aromatic nitrogens is 2. The molecule has 0 saturated carbocycles. The standard InChI is InChI=1S/C28H35ClFN5O/c1-34-13-3-4-19(34)16-36-27-32-24-21(26(33-27)35-14-17-7-8-18(15-35)31-17)10-12-28(25(24)30)11-9-20-22(28)5-2-6-23(20)29/h2,5-6,17-19,25,31H,3-4,7-16H2,1H3/t17-,18+,19-,25-,28+/m0/s1. The molecule has 0 unspecified atom stereocenters. The summed E-state index contributed by atoms with van der Waals surface area (Å²) in [6.07, 6.45) is 6.62. The van der Waals surface area contributed by atoms with Crippen LogP contribution >= 0.6 is 11.6 Å². The Morgan fingerprint density at radius 1 is 1.11 bits per heavy atom. The summed E-state index contributed by atoms with van der Waals surface area (Å²) >= 11 is 6.54. The normalized spacial score (nSPS) is 33.2. The van der Waals surface area contributed by atoms with E-state index in [2.05, 4.69) is 28.2 Å². The lowest BCUT2D eigenvalue weighted by atomic mass is 9.68. The van der Waals surface area contributed by atoms with Crippen molar-refractivity contribution >= 4 is 17.4 Å². The predicted octanol–water partition coefficient (Wildman–Crippen LogP) is 4.38. The summed E-state index contributed by atoms with van der Waals surface area (Å²) < 4.78 is 23.0. The van der Waals surface area contributed by atoms with Crippen LogP contribution in [-0.2, 0) is 18.3 Å². The molecule has 192 valence electrons. The Hall–Kier alpha value is -1.96. The van der Waals surface area contributed by atoms with Crippen molar-refractivity contribution in [2.24, 2.45) is 0 Å². The molecule has 4 heterocycles. The fourth-order valence-corrected chi connectivity index (χ4v) is 7.86. The van der Waals surface area contributed by atoms with Crippen LogP contribution in [0.2, 0.25) is 5.02 Å². The van der Waals surface area contributed by atoms with Gasteiger partial charge in [0, 0.05) is 47.2 Å². The van der Waals surface area contributed by atoms with Crippen molar-refractivity contribution in [2.45, 2.75) is 81.1 Å². The Morgan fingerprint density at radius 2 is 1.89 bits per heavy atom. The van der Waals surface area contributed by atoms with Crippen LogP contribution in [0.5, 0.6) is 6.01 Å². The summed E-state index contributed by atoms with van der Waals surface area (Å²) in [5.41, 5.74) is 3.14. The molecule has 0 amide bonds. The number of rotatable bonds is 4. The van der Waals surface area contributed by atoms with Crippen molar-refractivity contribution in [3.8, 4) is 6.01 Å². The molecule has 7 rings (SSSR count). The first-order valence-electron chi connectivity index (χ1n) is 13.7. The zero-order valence-electron chi connectivity index (χ0n) is 21.0. The number of alkyl halides is 1. The molecular weight excluding hydrogens is 477 g/mol. The van der Waals surface area contributed by atoms with Crippen molar-refractivity contribution in [1.82, 2.24) is 20.2 Å². The average molecular weight is 512 g/mol. The van der Waals surface area contributed by atoms with E-state index in [0.717, 1.165) is 79.3 Å². The minimum Gasteiger partial charge on any atom is -0.462 e. The van der Waals surface area contributed by atoms with Crippen molar-refractivity contribution in [2.75, 3.05) is 38.2 Å². The largest absolute Gasteiger partial charge is 0.462 e. The summed E-state index contributed by atoms with van der Waals surface area (Å²) in [6, 6.07) is 7.62. The monoisotopic (exact) mass is 511 g/mol. The lowest BCUT2D eigenvalue weighted by Gasteiger charge is -2.41. The van der Waals surface area contributed by atoms with E-state index in [9.17, 15) is 0 Å². The van der Waals surface area contributed by atoms with Gasteiger partial charge in [-0.3, -0.25) is 0 Å². The molecule has 2 aromatic rings. The molecule has 3 aliphatic heterocycles. The quantitative estimate of drug-likeness (QED) is 0.657. The van der Waals surface area contributed by atoms with E-state index in [-0.39, 0.29) is 0 Å². The number of piperazine rings is 1. The van der Waals surface area contributed by atoms with Gasteiger partial charge in [0.1, 0.15) is 12.4 Å². The molecule has 2 bridgehead atoms. The van der Waals surface area contributed by atoms with Gasteiger partial charge in [-0.05, 0) is 82.2 Å². The molecule has 36 heavy (non-hydrogen) atoms. The topological polar surface area (TPSA) is 53.5 Å². The SMILES string of the molecule is CN1CCC[C@H]1COc1nc2c(c(N3C[C@H]4CC[C@@H](C3)N4)n1)CC[C@@]1(CCc3c(Cl)cccc31)[C@H]2F. The van der Waals surface area contributed by atoms with Crippen molar-refractivity contribution in [1.29, 1.82) is 0 Å². The first-order valence-corrected chi connectivity index (χ1v) is 14.1. The van der Waals surface area contributed by atoms with Gasteiger partial charge in [-0.2, -0.15) is 9.97 Å². The second-order valence-corrected chi connectivity index (χ2v) is 12.0. The molecule has 6 nitrogen and oxygen atoms in total. The number of fused-ring (bicyclic) bond motifs is 5. The Bertz CT molecular complexity index is 1170. The zero-order valence-corrected chi connectivity index (χ0v) is 21.7. The van der Waals surface area contributed by atoms with E-state index >= 15 is 4.39 Å². The van der Waals surface area contributed by atoms with Crippen LogP contribution in [0.3, 0.4) is 0 Å². The number of nitrogens with zero attached hydrogens (tertiary/aromatic N) is 4. The molecule has 1 aromatic heterocycles. The first kappa shape index (κ1) is 23.2. The molecule has 3 saturated heterocycles. The van der Waals surface area contributed by atoms with Crippen LogP contribution in [0.1, 0.15) is 67.1 Å². The van der Waals surface area contributed by atoms with Crippen LogP contribution in [0.25, 0.3) is 0 Å². The highest BCUT2D eigenvalue weighted by atomic mass is 35.5. The number of hydrogen-bond donors (Lipinski definition) is 1. The third kappa shape index (κ3) is 3.64. The Labute approximate surface area is 217 Å². The highest BCUT2D eigenvalue weighted by Gasteiger charge is 2.51. The molecular formula is C28H35ClFN5O. The predicted molar refractivity (Wildman–Crippen MR) is 139 cm³/mol. The summed E-state index contributed by atoms with van der Waals surface area (Å²) in [4.78, 5) is 14.5. The second kappa shape index (κ2) is 8.81. The number of benzene rings is 1. The van der Waals surface area contributed by atoms with E-state index in [1.165, 1.54) is 19.3 Å². The van der Waals surface area contributed by atoms with Crippen LogP contribution in [0.4, 0.5) is 10.2 Å². The van der Waals surface area contributed by atoms with Gasteiger partial charge in [-0.25, -0.2) is 4.39 Å². The number of halogens is 2. The van der Waals surface area contributed by atoms with E-state index in [0.29, 0.717) is 36.4 Å². The second-order valence-electron chi connectivity index (χ2n) is 11.6. The van der Waals surface area contributed by atoms with Gasteiger partial charge in [0.05, 0.1) is 5.69 Å². The fourth-order valence-electron chi connectivity index (χ4n) is 7.60. The highest BCUT2D eigenvalue weighted by molar-refractivity contribution is 6.31. The fraction of sp³-hybridized carbons (Fsp3) is 0.643. The zero-order chi connectivity index (χ0) is 24.4. The van der Waals surface area contributed by atoms with Crippen LogP contribution < -0.4 is 15.0 Å². The van der Waals surface area contributed by atoms with E-state index < -0.39 is 11.6 Å². The van der Waals surface area contributed by atoms with Gasteiger partial charge in [-0.1, -0.05) is 23.7 Å². The maximum atomic E-state index is 16.8. The van der Waals surface area contributed by atoms with E-state index in [1.807, 2.05) is 12.1 Å². The molecule has 5 atom stereocenters. The molecule has 1 N–H and O–H groups in total. The minimum atomic E-state index is -1.20. The lowest BCUT2D eigenvalue weighted by Crippen LogP contribution is -2.52. The van der Waals surface area contributed by atoms with Crippen LogP contribution in [0, 0.1) is 0 Å². The maximum absolute atomic E-state index is 16.8. The van der Waals surface area contributed by atoms with Crippen LogP contribution in [0.15, 0.2) is 18.2 Å². The summed E-state index contributed by atoms with van der Waals surface area (Å²) in [6.45, 7) is 3.45. The summed E-state index contributed by atoms with van der Waals surface area (Å²) in [5, 5.41) is 4.46. The number of anilines is 1. The highest BCUT2D eigenvalue weighted by Crippen LogP contribution is 2.56. The number of nitrogens with one attached hydrogen (secondary N) is 1. The van der Waals surface area contributed by atoms with Gasteiger partial charge in [-0.15, -0.1) is 0 Å². The van der Waals surface area contributed by atoms with Gasteiger partial charge in [0.25, 0.3) is 0 Å². The molecule has 1 spiro atoms. The lowest BCUT2D eigenvalue weighted by molar-refractivity contribution is 0.150. The average Bonchev–Trinajstić information content (AvgIpc) is 3.57. The summed E-state index contributed by atoms with van der Waals surface area (Å²) in [7, 11) is 2.14. The third-order valence-corrected chi connectivity index (χ3v) is 9.97. The van der Waals surface area contributed by atoms with Gasteiger partial charge < -0.3 is 19.9 Å². The van der Waals surface area contributed by atoms with E-state index in [1.54, 1.807) is 0 Å². The van der Waals surface area contributed by atoms with Crippen molar-refractivity contribution in [3.05, 3.63) is 45.6 Å². The Kier molecular flexibility index (Phi) is 5.67. The Morgan fingerprint density at radius 3 is 2.64 bits per heavy atom. The van der Waals surface area contributed by atoms with Crippen molar-refractivity contribution < 1.29 is 9.13 Å². The summed E-state index contributed by atoms with van der Waals surface area (Å²) in [5.74, 6) is 0.898. The smallest absolute Gasteiger partial charge is 0.318 e. The molecule has 5 aliphatic rings. The van der Waals surface area contributed by atoms with Gasteiger partial charge in [0.15, 0.2) is 6.17 Å². The number of hydrogen-bond acceptors (Lipinski definition) is 6. The molecule has 1 aromatic carbocycles. The number of likely N-dealkylation sites (tertiary alicyclic amines) is 1. The number of likely N-dealkylation sites (N-methyl/N-ethyl adjacent to an activating group) is 1. The third-order valence-electron chi connectivity index (χ3n) is 9.61. The van der Waals surface area contributed by atoms with Crippen molar-refractivity contribution in [3.63, 3.8) is 0 Å². The first-order chi connectivity index (χ1) is 17.5. The molecule has 3 fully saturated rings. The van der Waals surface area contributed by atoms with Gasteiger partial charge >= 0.3 is 6.01 Å². The van der Waals surface area contributed by atoms with Gasteiger partial charge in [0.2, 0.25) is 0 Å². The number of ether oxygens (including phenoxy) is 1. The maximum Gasteiger partial charge on any atom is 0.318 e. The van der Waals surface area contributed by atoms with E-state index in [4.69, 9.17) is 26.3 Å².